The molecule has 34 heavy (non-hydrogen) atoms. The van der Waals surface area contributed by atoms with Gasteiger partial charge < -0.3 is 4.98 Å². The number of rotatable bonds is 5. The van der Waals surface area contributed by atoms with Crippen molar-refractivity contribution in [2.45, 2.75) is 91.3 Å². The molecule has 1 saturated carbocycles. The van der Waals surface area contributed by atoms with E-state index < -0.39 is 8.24 Å². The number of hydrogen-bond acceptors (Lipinski definition) is 0. The van der Waals surface area contributed by atoms with Crippen LogP contribution in [0.5, 0.6) is 0 Å². The Balaban J connectivity index is 0.00000204. The summed E-state index contributed by atoms with van der Waals surface area (Å²) in [6.07, 6.45) is 6.93. The molecular formula is C30H41Li2NSi. The molecule has 0 bridgehead atoms. The molecule has 1 aliphatic rings. The first-order chi connectivity index (χ1) is 15.1. The molecule has 0 N–H and O–H groups in total. The van der Waals surface area contributed by atoms with E-state index in [1.807, 2.05) is 0 Å². The predicted molar refractivity (Wildman–Crippen MR) is 145 cm³/mol. The zero-order chi connectivity index (χ0) is 23.1. The molecule has 4 heteroatoms. The minimum absolute atomic E-state index is 0. The summed E-state index contributed by atoms with van der Waals surface area (Å²) in [6, 6.07) is 19.0. The van der Waals surface area contributed by atoms with Crippen molar-refractivity contribution in [3.8, 4) is 11.1 Å². The summed E-state index contributed by atoms with van der Waals surface area (Å²) in [6.45, 7) is 16.4. The van der Waals surface area contributed by atoms with Gasteiger partial charge in [0.15, 0.2) is 0 Å². The van der Waals surface area contributed by atoms with Crippen molar-refractivity contribution in [1.29, 1.82) is 0 Å². The van der Waals surface area contributed by atoms with Crippen LogP contribution in [-0.4, -0.2) is 14.3 Å². The second-order valence-electron chi connectivity index (χ2n) is 11.6. The van der Waals surface area contributed by atoms with Crippen molar-refractivity contribution >= 4 is 24.2 Å². The van der Waals surface area contributed by atoms with E-state index in [0.29, 0.717) is 6.04 Å². The molecule has 1 atom stereocenters. The molecule has 0 saturated heterocycles. The van der Waals surface area contributed by atoms with Gasteiger partial charge in [0.25, 0.3) is 0 Å². The van der Waals surface area contributed by atoms with E-state index in [-0.39, 0.29) is 43.1 Å². The topological polar surface area (TPSA) is 14.1 Å². The molecule has 0 spiro atoms. The molecule has 1 nitrogen and oxygen atoms in total. The Bertz CT molecular complexity index is 1070. The van der Waals surface area contributed by atoms with E-state index in [2.05, 4.69) is 96.2 Å². The molecule has 1 aliphatic carbocycles. The van der Waals surface area contributed by atoms with E-state index in [1.54, 1.807) is 5.19 Å². The standard InChI is InChI=1S/C30H41NSi.2Li/c1-21-20-28-26(24-16-18-25(19-17-24)30(3,4)5)14-11-15-27(28)29(21)32(6,7)31-22(2)23-12-9-8-10-13-23;;/h11,14-20,22-23H,8-10,12-13H2,1-7H3;;/q-2;2*+1. The average molecular weight is 458 g/mol. The summed E-state index contributed by atoms with van der Waals surface area (Å²) in [5, 5.41) is 4.36. The number of benzene rings is 2. The normalized spacial score (nSPS) is 16.1. The molecule has 0 radical (unpaired) electrons. The molecule has 0 aliphatic heterocycles. The molecule has 4 rings (SSSR count). The SMILES string of the molecule is Cc1cc2c(-c3ccc(C(C)(C)C)cc3)cccc2[c-]1[Si](C)(C)[N-]C(C)C1CCCCC1.[Li+].[Li+]. The van der Waals surface area contributed by atoms with E-state index in [4.69, 9.17) is 4.98 Å². The Morgan fingerprint density at radius 1 is 0.941 bits per heavy atom. The van der Waals surface area contributed by atoms with Crippen LogP contribution in [0.2, 0.25) is 13.1 Å². The van der Waals surface area contributed by atoms with Crippen molar-refractivity contribution in [1.82, 2.24) is 0 Å². The molecule has 0 amide bonds. The average Bonchev–Trinajstić information content (AvgIpc) is 3.10. The smallest absolute Gasteiger partial charge is 0.665 e. The fraction of sp³-hybridized carbons (Fsp3) is 0.500. The van der Waals surface area contributed by atoms with E-state index in [9.17, 15) is 0 Å². The van der Waals surface area contributed by atoms with Gasteiger partial charge in [-0.05, 0) is 16.5 Å². The first kappa shape index (κ1) is 29.7. The Hall–Kier alpha value is -0.578. The summed E-state index contributed by atoms with van der Waals surface area (Å²) < 4.78 is 0. The Labute approximate surface area is 233 Å². The molecule has 172 valence electrons. The van der Waals surface area contributed by atoms with Gasteiger partial charge in [-0.2, -0.15) is 11.3 Å². The number of fused-ring (bicyclic) bond motifs is 1. The minimum atomic E-state index is -1.92. The van der Waals surface area contributed by atoms with Crippen LogP contribution in [0.4, 0.5) is 0 Å². The maximum atomic E-state index is 5.57. The number of hydrogen-bond donors (Lipinski definition) is 0. The zero-order valence-corrected chi connectivity index (χ0v) is 24.3. The summed E-state index contributed by atoms with van der Waals surface area (Å²) >= 11 is 0. The third-order valence-corrected chi connectivity index (χ3v) is 10.6. The number of aryl methyl sites for hydroxylation is 1. The van der Waals surface area contributed by atoms with Crippen molar-refractivity contribution in [2.75, 3.05) is 0 Å². The fourth-order valence-corrected chi connectivity index (χ4v) is 9.22. The third kappa shape index (κ3) is 6.21. The number of nitrogens with zero attached hydrogens (tertiary/aromatic N) is 1. The first-order valence-corrected chi connectivity index (χ1v) is 15.5. The van der Waals surface area contributed by atoms with Crippen molar-refractivity contribution in [3.63, 3.8) is 0 Å². The first-order valence-electron chi connectivity index (χ1n) is 12.6. The Morgan fingerprint density at radius 2 is 1.56 bits per heavy atom. The molecular weight excluding hydrogens is 416 g/mol. The van der Waals surface area contributed by atoms with Crippen LogP contribution in [0.1, 0.15) is 70.9 Å². The maximum absolute atomic E-state index is 5.57. The van der Waals surface area contributed by atoms with Crippen LogP contribution in [-0.2, 0) is 5.41 Å². The van der Waals surface area contributed by atoms with E-state index >= 15 is 0 Å². The fourth-order valence-electron chi connectivity index (χ4n) is 5.95. The summed E-state index contributed by atoms with van der Waals surface area (Å²) in [5.74, 6) is 0.786. The van der Waals surface area contributed by atoms with Gasteiger partial charge in [0, 0.05) is 0 Å². The van der Waals surface area contributed by atoms with Crippen LogP contribution in [0, 0.1) is 12.8 Å². The van der Waals surface area contributed by atoms with Gasteiger partial charge >= 0.3 is 37.7 Å². The van der Waals surface area contributed by atoms with Gasteiger partial charge in [-0.3, -0.25) is 0 Å². The largest absolute Gasteiger partial charge is 1.00 e. The van der Waals surface area contributed by atoms with Crippen LogP contribution in [0.25, 0.3) is 26.9 Å². The van der Waals surface area contributed by atoms with E-state index in [0.717, 1.165) is 5.92 Å². The van der Waals surface area contributed by atoms with Gasteiger partial charge in [0.05, 0.1) is 0 Å². The Kier molecular flexibility index (Phi) is 10.2. The second-order valence-corrected chi connectivity index (χ2v) is 15.5. The monoisotopic (exact) mass is 457 g/mol. The van der Waals surface area contributed by atoms with Crippen LogP contribution in [0.15, 0.2) is 48.5 Å². The predicted octanol–water partition coefficient (Wildman–Crippen LogP) is 2.59. The van der Waals surface area contributed by atoms with Crippen molar-refractivity contribution in [3.05, 3.63) is 64.6 Å². The van der Waals surface area contributed by atoms with E-state index in [1.165, 1.54) is 65.1 Å². The Morgan fingerprint density at radius 3 is 2.15 bits per heavy atom. The zero-order valence-electron chi connectivity index (χ0n) is 23.3. The summed E-state index contributed by atoms with van der Waals surface area (Å²) in [5.41, 5.74) is 5.65. The molecule has 1 fully saturated rings. The van der Waals surface area contributed by atoms with Gasteiger partial charge in [-0.15, -0.1) is 34.5 Å². The van der Waals surface area contributed by atoms with Crippen LogP contribution in [0.3, 0.4) is 0 Å². The van der Waals surface area contributed by atoms with Gasteiger partial charge in [-0.1, -0.05) is 130 Å². The quantitative estimate of drug-likeness (QED) is 0.413. The molecule has 0 aromatic heterocycles. The van der Waals surface area contributed by atoms with Gasteiger partial charge in [0.1, 0.15) is 0 Å². The van der Waals surface area contributed by atoms with Crippen molar-refractivity contribution in [2.24, 2.45) is 5.92 Å². The van der Waals surface area contributed by atoms with Gasteiger partial charge in [0.2, 0.25) is 0 Å². The van der Waals surface area contributed by atoms with Crippen LogP contribution < -0.4 is 42.9 Å². The maximum Gasteiger partial charge on any atom is 1.00 e. The molecule has 3 aromatic carbocycles. The summed E-state index contributed by atoms with van der Waals surface area (Å²) in [7, 11) is -1.92. The minimum Gasteiger partial charge on any atom is -0.665 e. The molecule has 0 heterocycles. The third-order valence-electron chi connectivity index (χ3n) is 7.66. The van der Waals surface area contributed by atoms with Crippen molar-refractivity contribution < 1.29 is 37.7 Å². The molecule has 3 aromatic rings. The van der Waals surface area contributed by atoms with Gasteiger partial charge in [-0.25, -0.2) is 0 Å². The van der Waals surface area contributed by atoms with Crippen LogP contribution >= 0.6 is 0 Å². The molecule has 1 unspecified atom stereocenters. The second kappa shape index (κ2) is 11.6. The summed E-state index contributed by atoms with van der Waals surface area (Å²) in [4.78, 5) is 5.57.